The van der Waals surface area contributed by atoms with Crippen molar-refractivity contribution in [2.75, 3.05) is 20.3 Å². The number of rotatable bonds is 6. The van der Waals surface area contributed by atoms with Crippen LogP contribution in [0.15, 0.2) is 47.3 Å². The maximum atomic E-state index is 14.5. The Morgan fingerprint density at radius 1 is 1.18 bits per heavy atom. The molecule has 7 nitrogen and oxygen atoms in total. The zero-order valence-electron chi connectivity index (χ0n) is 19.3. The first-order valence-corrected chi connectivity index (χ1v) is 11.3. The molecule has 3 aromatic rings. The Hall–Kier alpha value is -3.70. The van der Waals surface area contributed by atoms with Crippen molar-refractivity contribution in [2.24, 2.45) is 7.05 Å². The van der Waals surface area contributed by atoms with Gasteiger partial charge in [0.25, 0.3) is 11.6 Å². The van der Waals surface area contributed by atoms with E-state index in [4.69, 9.17) is 16.0 Å². The first-order chi connectivity index (χ1) is 16.5. The summed E-state index contributed by atoms with van der Waals surface area (Å²) in [6.07, 6.45) is 4.45. The van der Waals surface area contributed by atoms with E-state index in [0.717, 1.165) is 25.8 Å². The van der Waals surface area contributed by atoms with Gasteiger partial charge in [0.15, 0.2) is 0 Å². The van der Waals surface area contributed by atoms with Crippen molar-refractivity contribution in [1.29, 1.82) is 0 Å². The van der Waals surface area contributed by atoms with Crippen molar-refractivity contribution in [2.45, 2.75) is 31.7 Å². The molecule has 1 fully saturated rings. The van der Waals surface area contributed by atoms with Gasteiger partial charge in [-0.15, -0.1) is 0 Å². The minimum Gasteiger partial charge on any atom is -0.497 e. The third-order valence-electron chi connectivity index (χ3n) is 6.05. The van der Waals surface area contributed by atoms with Gasteiger partial charge in [-0.25, -0.2) is 9.24 Å². The second-order valence-corrected chi connectivity index (χ2v) is 8.30. The van der Waals surface area contributed by atoms with Crippen molar-refractivity contribution in [1.82, 2.24) is 14.9 Å². The molecule has 2 heterocycles. The van der Waals surface area contributed by atoms with Crippen molar-refractivity contribution >= 4 is 5.69 Å². The second-order valence-electron chi connectivity index (χ2n) is 8.30. The summed E-state index contributed by atoms with van der Waals surface area (Å²) in [5, 5.41) is 3.47. The lowest BCUT2D eigenvalue weighted by atomic mass is 10.00. The molecule has 1 saturated heterocycles. The largest absolute Gasteiger partial charge is 0.497 e. The van der Waals surface area contributed by atoms with E-state index in [1.165, 1.54) is 23.1 Å². The van der Waals surface area contributed by atoms with Gasteiger partial charge >= 0.3 is 0 Å². The topological polar surface area (TPSA) is 69.7 Å². The predicted molar refractivity (Wildman–Crippen MR) is 129 cm³/mol. The number of nitrogens with zero attached hydrogens (tertiary/aromatic N) is 3. The van der Waals surface area contributed by atoms with Crippen molar-refractivity contribution in [3.8, 4) is 34.1 Å². The average Bonchev–Trinajstić information content (AvgIpc) is 3.14. The Balaban J connectivity index is 1.80. The van der Waals surface area contributed by atoms with Crippen LogP contribution in [-0.4, -0.2) is 35.9 Å². The minimum atomic E-state index is -0.666. The summed E-state index contributed by atoms with van der Waals surface area (Å²) >= 11 is 0. The van der Waals surface area contributed by atoms with E-state index in [0.29, 0.717) is 34.7 Å². The zero-order valence-corrected chi connectivity index (χ0v) is 19.3. The lowest BCUT2D eigenvalue weighted by Crippen LogP contribution is -2.35. The summed E-state index contributed by atoms with van der Waals surface area (Å²) < 4.78 is 27.1. The number of nitrogens with one attached hydrogen (secondary N) is 1. The van der Waals surface area contributed by atoms with Gasteiger partial charge in [0.1, 0.15) is 18.2 Å². The number of aromatic nitrogens is 2. The fraction of sp³-hybridized carbons (Fsp3) is 0.346. The molecule has 0 amide bonds. The van der Waals surface area contributed by atoms with Crippen LogP contribution < -0.4 is 20.3 Å². The Morgan fingerprint density at radius 3 is 2.65 bits per heavy atom. The molecule has 1 aromatic heterocycles. The highest BCUT2D eigenvalue weighted by atomic mass is 19.1. The van der Waals surface area contributed by atoms with Crippen LogP contribution >= 0.6 is 0 Å². The Kier molecular flexibility index (Phi) is 7.24. The molecular formula is C26H27FN4O3. The molecule has 8 heteroatoms. The van der Waals surface area contributed by atoms with E-state index in [-0.39, 0.29) is 23.3 Å². The van der Waals surface area contributed by atoms with Gasteiger partial charge in [-0.05, 0) is 43.1 Å². The minimum absolute atomic E-state index is 0.0884. The maximum Gasteiger partial charge on any atom is 0.299 e. The molecule has 0 saturated carbocycles. The fourth-order valence-corrected chi connectivity index (χ4v) is 4.10. The van der Waals surface area contributed by atoms with Gasteiger partial charge < -0.3 is 14.8 Å². The summed E-state index contributed by atoms with van der Waals surface area (Å²) in [4.78, 5) is 21.4. The Bertz CT molecular complexity index is 1260. The predicted octanol–water partition coefficient (Wildman–Crippen LogP) is 4.72. The van der Waals surface area contributed by atoms with E-state index in [9.17, 15) is 9.18 Å². The summed E-state index contributed by atoms with van der Waals surface area (Å²) in [6.45, 7) is 8.44. The monoisotopic (exact) mass is 462 g/mol. The first-order valence-electron chi connectivity index (χ1n) is 11.3. The SMILES string of the molecule is [C-]#[N+]c1ccc(-c2nc(OCC3CCCCCN3)n(C)c(=O)c2-c2ccc(OC)cc2)cc1F. The molecule has 1 aliphatic heterocycles. The van der Waals surface area contributed by atoms with Crippen molar-refractivity contribution < 1.29 is 13.9 Å². The first kappa shape index (κ1) is 23.5. The van der Waals surface area contributed by atoms with E-state index in [1.807, 2.05) is 0 Å². The molecular weight excluding hydrogens is 435 g/mol. The zero-order chi connectivity index (χ0) is 24.1. The van der Waals surface area contributed by atoms with E-state index < -0.39 is 5.82 Å². The van der Waals surface area contributed by atoms with Gasteiger partial charge in [-0.1, -0.05) is 37.1 Å². The molecule has 1 unspecified atom stereocenters. The quantitative estimate of drug-likeness (QED) is 0.537. The van der Waals surface area contributed by atoms with Crippen LogP contribution in [-0.2, 0) is 7.05 Å². The van der Waals surface area contributed by atoms with Crippen LogP contribution in [0.25, 0.3) is 27.2 Å². The Morgan fingerprint density at radius 2 is 1.94 bits per heavy atom. The van der Waals surface area contributed by atoms with Crippen LogP contribution in [0.3, 0.4) is 0 Å². The van der Waals surface area contributed by atoms with Crippen LogP contribution in [0.4, 0.5) is 10.1 Å². The van der Waals surface area contributed by atoms with Crippen LogP contribution in [0.1, 0.15) is 25.7 Å². The number of methoxy groups -OCH3 is 1. The number of hydrogen-bond donors (Lipinski definition) is 1. The molecule has 0 bridgehead atoms. The summed E-state index contributed by atoms with van der Waals surface area (Å²) in [5.41, 5.74) is 1.23. The highest BCUT2D eigenvalue weighted by Crippen LogP contribution is 2.32. The van der Waals surface area contributed by atoms with Crippen molar-refractivity contribution in [3.05, 3.63) is 70.1 Å². The summed E-state index contributed by atoms with van der Waals surface area (Å²) in [5.74, 6) is -0.0147. The van der Waals surface area contributed by atoms with Crippen LogP contribution in [0.5, 0.6) is 11.8 Å². The molecule has 0 radical (unpaired) electrons. The van der Waals surface area contributed by atoms with Gasteiger partial charge in [0.2, 0.25) is 5.69 Å². The fourth-order valence-electron chi connectivity index (χ4n) is 4.10. The molecule has 2 aromatic carbocycles. The van der Waals surface area contributed by atoms with E-state index >= 15 is 0 Å². The molecule has 0 spiro atoms. The highest BCUT2D eigenvalue weighted by Gasteiger charge is 2.21. The van der Waals surface area contributed by atoms with E-state index in [1.54, 1.807) is 44.5 Å². The van der Waals surface area contributed by atoms with Crippen LogP contribution in [0, 0.1) is 12.4 Å². The molecule has 0 aliphatic carbocycles. The summed E-state index contributed by atoms with van der Waals surface area (Å²) in [6, 6.07) is 11.6. The molecule has 176 valence electrons. The number of ether oxygens (including phenoxy) is 2. The average molecular weight is 463 g/mol. The van der Waals surface area contributed by atoms with Gasteiger partial charge in [0, 0.05) is 18.7 Å². The normalized spacial score (nSPS) is 15.9. The molecule has 1 N–H and O–H groups in total. The number of benzene rings is 2. The number of halogens is 1. The maximum absolute atomic E-state index is 14.5. The van der Waals surface area contributed by atoms with E-state index in [2.05, 4.69) is 15.1 Å². The lowest BCUT2D eigenvalue weighted by Gasteiger charge is -2.19. The second kappa shape index (κ2) is 10.5. The standard InChI is InChI=1S/C26H27FN4O3/c1-28-22-13-10-18(15-21(22)27)24-23(17-8-11-20(33-3)12-9-17)25(32)31(2)26(30-24)34-16-19-7-5-4-6-14-29-19/h8-13,15,19,29H,4-7,14,16H2,2-3H3. The molecule has 4 rings (SSSR count). The highest BCUT2D eigenvalue weighted by molar-refractivity contribution is 5.81. The van der Waals surface area contributed by atoms with Gasteiger partial charge in [-0.3, -0.25) is 9.36 Å². The molecule has 34 heavy (non-hydrogen) atoms. The molecule has 1 aliphatic rings. The van der Waals surface area contributed by atoms with Crippen molar-refractivity contribution in [3.63, 3.8) is 0 Å². The molecule has 1 atom stereocenters. The summed E-state index contributed by atoms with van der Waals surface area (Å²) in [7, 11) is 3.18. The lowest BCUT2D eigenvalue weighted by molar-refractivity contribution is 0.233. The smallest absolute Gasteiger partial charge is 0.299 e. The number of hydrogen-bond acceptors (Lipinski definition) is 5. The third-order valence-corrected chi connectivity index (χ3v) is 6.05. The van der Waals surface area contributed by atoms with Gasteiger partial charge in [0.05, 0.1) is 24.9 Å². The van der Waals surface area contributed by atoms with Crippen LogP contribution in [0.2, 0.25) is 0 Å². The van der Waals surface area contributed by atoms with Gasteiger partial charge in [-0.2, -0.15) is 4.98 Å². The Labute approximate surface area is 198 Å². The third kappa shape index (κ3) is 4.95.